The highest BCUT2D eigenvalue weighted by Crippen LogP contribution is 2.11. The molecular weight excluding hydrogens is 286 g/mol. The summed E-state index contributed by atoms with van der Waals surface area (Å²) in [6.07, 6.45) is 1.12. The fourth-order valence-corrected chi connectivity index (χ4v) is 1.52. The van der Waals surface area contributed by atoms with Gasteiger partial charge in [0.2, 0.25) is 0 Å². The second kappa shape index (κ2) is 9.02. The number of carboxylic acids is 1. The van der Waals surface area contributed by atoms with E-state index in [-0.39, 0.29) is 25.1 Å². The molecule has 0 heterocycles. The summed E-state index contributed by atoms with van der Waals surface area (Å²) in [6.45, 7) is 0.420. The quantitative estimate of drug-likeness (QED) is 0.372. The summed E-state index contributed by atoms with van der Waals surface area (Å²) >= 11 is 0. The summed E-state index contributed by atoms with van der Waals surface area (Å²) in [5.41, 5.74) is 0.754. The van der Waals surface area contributed by atoms with Gasteiger partial charge in [-0.1, -0.05) is 12.1 Å². The van der Waals surface area contributed by atoms with E-state index < -0.39 is 11.9 Å². The van der Waals surface area contributed by atoms with Gasteiger partial charge in [0.1, 0.15) is 17.4 Å². The number of carbonyl (C=O) groups excluding carboxylic acids is 1. The van der Waals surface area contributed by atoms with Gasteiger partial charge in [0, 0.05) is 19.3 Å². The van der Waals surface area contributed by atoms with E-state index in [0.717, 1.165) is 11.3 Å². The molecule has 0 aliphatic rings. The van der Waals surface area contributed by atoms with Gasteiger partial charge in [0.15, 0.2) is 0 Å². The Morgan fingerprint density at radius 3 is 2.59 bits per heavy atom. The number of hydrogen-bond acceptors (Lipinski definition) is 5. The van der Waals surface area contributed by atoms with Gasteiger partial charge < -0.3 is 20.5 Å². The summed E-state index contributed by atoms with van der Waals surface area (Å²) in [5, 5.41) is 22.6. The first kappa shape index (κ1) is 17.0. The van der Waals surface area contributed by atoms with Crippen molar-refractivity contribution in [3.63, 3.8) is 0 Å². The van der Waals surface area contributed by atoms with Gasteiger partial charge in [-0.25, -0.2) is 0 Å². The Bertz CT molecular complexity index is 588. The van der Waals surface area contributed by atoms with Crippen LogP contribution in [0.15, 0.2) is 36.0 Å². The highest BCUT2D eigenvalue weighted by Gasteiger charge is 2.08. The minimum absolute atomic E-state index is 0.0946. The second-order valence-electron chi connectivity index (χ2n) is 4.30. The van der Waals surface area contributed by atoms with Gasteiger partial charge in [-0.05, 0) is 17.7 Å². The number of nitrogens with one attached hydrogen (secondary N) is 2. The first-order chi connectivity index (χ1) is 10.6. The Hall–Kier alpha value is -3.01. The van der Waals surface area contributed by atoms with E-state index in [1.807, 2.05) is 0 Å². The maximum absolute atomic E-state index is 11.8. The number of hydrogen-bond donors (Lipinski definition) is 3. The zero-order valence-electron chi connectivity index (χ0n) is 12.1. The number of ether oxygens (including phenoxy) is 1. The van der Waals surface area contributed by atoms with Gasteiger partial charge >= 0.3 is 5.97 Å². The number of amides is 1. The maximum Gasteiger partial charge on any atom is 0.305 e. The Labute approximate surface area is 128 Å². The first-order valence-corrected chi connectivity index (χ1v) is 6.53. The van der Waals surface area contributed by atoms with Gasteiger partial charge in [-0.3, -0.25) is 9.59 Å². The second-order valence-corrected chi connectivity index (χ2v) is 4.30. The Balaban J connectivity index is 2.48. The number of benzene rings is 1. The molecule has 1 rings (SSSR count). The monoisotopic (exact) mass is 303 g/mol. The standard InChI is InChI=1S/C15H17N3O4/c1-22-13-4-2-11(3-5-13)9-18-15(21)12(8-16)10-17-7-6-14(19)20/h2-5,10,17H,6-7,9H2,1H3,(H,18,21)(H,19,20)/b12-10-. The highest BCUT2D eigenvalue weighted by atomic mass is 16.5. The Morgan fingerprint density at radius 1 is 1.36 bits per heavy atom. The van der Waals surface area contributed by atoms with Gasteiger partial charge in [-0.15, -0.1) is 0 Å². The summed E-state index contributed by atoms with van der Waals surface area (Å²) in [7, 11) is 1.57. The van der Waals surface area contributed by atoms with Crippen LogP contribution < -0.4 is 15.4 Å². The fraction of sp³-hybridized carbons (Fsp3) is 0.267. The summed E-state index contributed by atoms with van der Waals surface area (Å²) in [5.74, 6) is -0.764. The predicted molar refractivity (Wildman–Crippen MR) is 78.8 cm³/mol. The number of aliphatic carboxylic acids is 1. The molecular formula is C15H17N3O4. The van der Waals surface area contributed by atoms with Crippen LogP contribution in [0.5, 0.6) is 5.75 Å². The van der Waals surface area contributed by atoms with Crippen LogP contribution in [-0.2, 0) is 16.1 Å². The van der Waals surface area contributed by atoms with Crippen molar-refractivity contribution in [2.24, 2.45) is 0 Å². The summed E-state index contributed by atoms with van der Waals surface area (Å²) in [6, 6.07) is 8.92. The van der Waals surface area contributed by atoms with E-state index in [9.17, 15) is 9.59 Å². The van der Waals surface area contributed by atoms with Crippen LogP contribution >= 0.6 is 0 Å². The van der Waals surface area contributed by atoms with Crippen LogP contribution in [0.25, 0.3) is 0 Å². The molecule has 22 heavy (non-hydrogen) atoms. The van der Waals surface area contributed by atoms with Crippen LogP contribution in [-0.4, -0.2) is 30.6 Å². The largest absolute Gasteiger partial charge is 0.497 e. The van der Waals surface area contributed by atoms with Crippen LogP contribution in [0.1, 0.15) is 12.0 Å². The van der Waals surface area contributed by atoms with Gasteiger partial charge in [0.25, 0.3) is 5.91 Å². The van der Waals surface area contributed by atoms with E-state index in [2.05, 4.69) is 10.6 Å². The summed E-state index contributed by atoms with van der Waals surface area (Å²) in [4.78, 5) is 22.2. The van der Waals surface area contributed by atoms with E-state index in [1.54, 1.807) is 37.4 Å². The minimum atomic E-state index is -0.955. The lowest BCUT2D eigenvalue weighted by Crippen LogP contribution is -2.25. The molecule has 7 heteroatoms. The van der Waals surface area contributed by atoms with Crippen molar-refractivity contribution in [1.29, 1.82) is 5.26 Å². The lowest BCUT2D eigenvalue weighted by molar-refractivity contribution is -0.136. The number of carboxylic acid groups (broad SMARTS) is 1. The molecule has 0 atom stereocenters. The fourth-order valence-electron chi connectivity index (χ4n) is 1.52. The van der Waals surface area contributed by atoms with Crippen molar-refractivity contribution < 1.29 is 19.4 Å². The average molecular weight is 303 g/mol. The van der Waals surface area contributed by atoms with Crippen molar-refractivity contribution in [1.82, 2.24) is 10.6 Å². The first-order valence-electron chi connectivity index (χ1n) is 6.53. The molecule has 0 radical (unpaired) electrons. The molecule has 1 amide bonds. The lowest BCUT2D eigenvalue weighted by atomic mass is 10.2. The van der Waals surface area contributed by atoms with Crippen LogP contribution in [0.4, 0.5) is 0 Å². The smallest absolute Gasteiger partial charge is 0.305 e. The van der Waals surface area contributed by atoms with Crippen LogP contribution in [0.3, 0.4) is 0 Å². The van der Waals surface area contributed by atoms with E-state index >= 15 is 0 Å². The Morgan fingerprint density at radius 2 is 2.05 bits per heavy atom. The number of carbonyl (C=O) groups is 2. The molecule has 0 bridgehead atoms. The van der Waals surface area contributed by atoms with Crippen molar-refractivity contribution in [3.05, 3.63) is 41.6 Å². The predicted octanol–water partition coefficient (Wildman–Crippen LogP) is 0.783. The molecule has 0 saturated heterocycles. The topological polar surface area (TPSA) is 111 Å². The third-order valence-electron chi connectivity index (χ3n) is 2.71. The summed E-state index contributed by atoms with van der Waals surface area (Å²) < 4.78 is 5.03. The molecule has 0 aromatic heterocycles. The number of nitrogens with zero attached hydrogens (tertiary/aromatic N) is 1. The normalized spacial score (nSPS) is 10.5. The molecule has 0 aliphatic carbocycles. The van der Waals surface area contributed by atoms with E-state index in [4.69, 9.17) is 15.1 Å². The number of rotatable bonds is 8. The van der Waals surface area contributed by atoms with E-state index in [1.165, 1.54) is 6.20 Å². The van der Waals surface area contributed by atoms with Crippen molar-refractivity contribution in [2.75, 3.05) is 13.7 Å². The molecule has 1 aromatic rings. The molecule has 116 valence electrons. The van der Waals surface area contributed by atoms with E-state index in [0.29, 0.717) is 0 Å². The van der Waals surface area contributed by atoms with Crippen molar-refractivity contribution >= 4 is 11.9 Å². The van der Waals surface area contributed by atoms with Crippen LogP contribution in [0, 0.1) is 11.3 Å². The zero-order chi connectivity index (χ0) is 16.4. The van der Waals surface area contributed by atoms with Gasteiger partial charge in [-0.2, -0.15) is 5.26 Å². The molecule has 0 spiro atoms. The molecule has 1 aromatic carbocycles. The minimum Gasteiger partial charge on any atom is -0.497 e. The molecule has 0 aliphatic heterocycles. The van der Waals surface area contributed by atoms with Crippen LogP contribution in [0.2, 0.25) is 0 Å². The number of methoxy groups -OCH3 is 1. The third-order valence-corrected chi connectivity index (χ3v) is 2.71. The molecule has 0 saturated carbocycles. The molecule has 0 fully saturated rings. The van der Waals surface area contributed by atoms with Gasteiger partial charge in [0.05, 0.1) is 13.5 Å². The SMILES string of the molecule is COc1ccc(CNC(=O)/C(C#N)=C\NCCC(=O)O)cc1. The van der Waals surface area contributed by atoms with Crippen molar-refractivity contribution in [3.8, 4) is 11.8 Å². The zero-order valence-corrected chi connectivity index (χ0v) is 12.1. The number of nitriles is 1. The Kier molecular flexibility index (Phi) is 6.99. The maximum atomic E-state index is 11.8. The molecule has 3 N–H and O–H groups in total. The highest BCUT2D eigenvalue weighted by molar-refractivity contribution is 5.97. The lowest BCUT2D eigenvalue weighted by Gasteiger charge is -2.06. The molecule has 7 nitrogen and oxygen atoms in total. The third kappa shape index (κ3) is 5.96. The average Bonchev–Trinajstić information content (AvgIpc) is 2.53. The van der Waals surface area contributed by atoms with Crippen molar-refractivity contribution in [2.45, 2.75) is 13.0 Å². The molecule has 0 unspecified atom stereocenters.